The van der Waals surface area contributed by atoms with Gasteiger partial charge in [-0.05, 0) is 40.1 Å². The molecule has 0 aliphatic heterocycles. The number of thiophene rings is 1. The standard InChI is InChI=1S/C17H22FN3S/c1-17(2,14-4-6-15(18)7-5-14)12-21-16(19-3)20-10-13-8-9-22-11-13/h4-9,11H,10,12H2,1-3H3,(H2,19,20,21). The number of rotatable bonds is 5. The summed E-state index contributed by atoms with van der Waals surface area (Å²) in [5.74, 6) is 0.558. The summed E-state index contributed by atoms with van der Waals surface area (Å²) in [6.45, 7) is 5.71. The number of nitrogens with one attached hydrogen (secondary N) is 2. The van der Waals surface area contributed by atoms with Crippen molar-refractivity contribution in [1.82, 2.24) is 10.6 Å². The minimum absolute atomic E-state index is 0.117. The highest BCUT2D eigenvalue weighted by atomic mass is 32.1. The number of benzene rings is 1. The zero-order valence-corrected chi connectivity index (χ0v) is 14.0. The molecular formula is C17H22FN3S. The molecule has 118 valence electrons. The fraction of sp³-hybridized carbons (Fsp3) is 0.353. The highest BCUT2D eigenvalue weighted by Gasteiger charge is 2.20. The first-order chi connectivity index (χ1) is 10.5. The lowest BCUT2D eigenvalue weighted by Gasteiger charge is -2.26. The van der Waals surface area contributed by atoms with Crippen molar-refractivity contribution in [3.05, 3.63) is 58.0 Å². The summed E-state index contributed by atoms with van der Waals surface area (Å²) < 4.78 is 13.0. The second-order valence-corrected chi connectivity index (χ2v) is 6.58. The van der Waals surface area contributed by atoms with E-state index in [1.807, 2.05) is 12.1 Å². The Hall–Kier alpha value is -1.88. The van der Waals surface area contributed by atoms with E-state index < -0.39 is 0 Å². The molecule has 22 heavy (non-hydrogen) atoms. The van der Waals surface area contributed by atoms with Gasteiger partial charge in [0, 0.05) is 25.6 Å². The smallest absolute Gasteiger partial charge is 0.191 e. The Morgan fingerprint density at radius 1 is 1.18 bits per heavy atom. The molecule has 0 saturated heterocycles. The van der Waals surface area contributed by atoms with Gasteiger partial charge in [-0.15, -0.1) is 0 Å². The minimum atomic E-state index is -0.208. The molecule has 1 aromatic carbocycles. The van der Waals surface area contributed by atoms with E-state index in [0.29, 0.717) is 6.54 Å². The molecule has 3 nitrogen and oxygen atoms in total. The van der Waals surface area contributed by atoms with Gasteiger partial charge in [-0.2, -0.15) is 11.3 Å². The summed E-state index contributed by atoms with van der Waals surface area (Å²) in [7, 11) is 1.76. The predicted molar refractivity (Wildman–Crippen MR) is 91.9 cm³/mol. The van der Waals surface area contributed by atoms with E-state index in [-0.39, 0.29) is 11.2 Å². The van der Waals surface area contributed by atoms with Crippen LogP contribution in [0.3, 0.4) is 0 Å². The second kappa shape index (κ2) is 7.40. The Labute approximate surface area is 135 Å². The summed E-state index contributed by atoms with van der Waals surface area (Å²) >= 11 is 1.68. The molecule has 0 atom stereocenters. The topological polar surface area (TPSA) is 36.4 Å². The van der Waals surface area contributed by atoms with Gasteiger partial charge in [-0.25, -0.2) is 4.39 Å². The van der Waals surface area contributed by atoms with Crippen molar-refractivity contribution in [2.24, 2.45) is 4.99 Å². The molecule has 1 aromatic heterocycles. The van der Waals surface area contributed by atoms with E-state index in [4.69, 9.17) is 0 Å². The first-order valence-corrected chi connectivity index (χ1v) is 8.17. The van der Waals surface area contributed by atoms with Crippen LogP contribution in [0.1, 0.15) is 25.0 Å². The van der Waals surface area contributed by atoms with Gasteiger partial charge in [0.15, 0.2) is 5.96 Å². The maximum Gasteiger partial charge on any atom is 0.191 e. The number of hydrogen-bond donors (Lipinski definition) is 2. The van der Waals surface area contributed by atoms with E-state index in [1.165, 1.54) is 17.7 Å². The van der Waals surface area contributed by atoms with Gasteiger partial charge in [0.1, 0.15) is 5.82 Å². The summed E-state index contributed by atoms with van der Waals surface area (Å²) in [4.78, 5) is 4.24. The monoisotopic (exact) mass is 319 g/mol. The Morgan fingerprint density at radius 3 is 2.50 bits per heavy atom. The molecule has 2 aromatic rings. The van der Waals surface area contributed by atoms with E-state index in [0.717, 1.165) is 18.1 Å². The molecule has 0 saturated carbocycles. The number of nitrogens with zero attached hydrogens (tertiary/aromatic N) is 1. The Morgan fingerprint density at radius 2 is 1.91 bits per heavy atom. The lowest BCUT2D eigenvalue weighted by molar-refractivity contribution is 0.507. The SMILES string of the molecule is CN=C(NCc1ccsc1)NCC(C)(C)c1ccc(F)cc1. The molecule has 1 heterocycles. The molecule has 2 N–H and O–H groups in total. The third-order valence-electron chi connectivity index (χ3n) is 3.59. The predicted octanol–water partition coefficient (Wildman–Crippen LogP) is 3.53. The summed E-state index contributed by atoms with van der Waals surface area (Å²) in [5.41, 5.74) is 2.22. The average molecular weight is 319 g/mol. The fourth-order valence-electron chi connectivity index (χ4n) is 2.11. The van der Waals surface area contributed by atoms with E-state index in [2.05, 4.69) is 46.3 Å². The maximum atomic E-state index is 13.0. The first kappa shape index (κ1) is 16.5. The fourth-order valence-corrected chi connectivity index (χ4v) is 2.78. The van der Waals surface area contributed by atoms with Crippen molar-refractivity contribution in [3.8, 4) is 0 Å². The number of hydrogen-bond acceptors (Lipinski definition) is 2. The summed E-state index contributed by atoms with van der Waals surface area (Å²) in [5, 5.41) is 10.8. The van der Waals surface area contributed by atoms with Crippen LogP contribution in [0.15, 0.2) is 46.1 Å². The van der Waals surface area contributed by atoms with E-state index in [1.54, 1.807) is 18.4 Å². The van der Waals surface area contributed by atoms with Crippen LogP contribution in [-0.2, 0) is 12.0 Å². The van der Waals surface area contributed by atoms with Crippen molar-refractivity contribution in [1.29, 1.82) is 0 Å². The minimum Gasteiger partial charge on any atom is -0.356 e. The molecule has 5 heteroatoms. The van der Waals surface area contributed by atoms with E-state index in [9.17, 15) is 4.39 Å². The largest absolute Gasteiger partial charge is 0.356 e. The van der Waals surface area contributed by atoms with Crippen molar-refractivity contribution >= 4 is 17.3 Å². The molecule has 0 fully saturated rings. The Bertz CT molecular complexity index is 603. The molecule has 0 unspecified atom stereocenters. The van der Waals surface area contributed by atoms with Gasteiger partial charge in [0.05, 0.1) is 0 Å². The Balaban J connectivity index is 1.90. The molecule has 0 amide bonds. The number of halogens is 1. The zero-order chi connectivity index (χ0) is 16.0. The molecule has 0 aliphatic carbocycles. The normalized spacial score (nSPS) is 12.3. The van der Waals surface area contributed by atoms with Crippen molar-refractivity contribution in [3.63, 3.8) is 0 Å². The van der Waals surface area contributed by atoms with Crippen LogP contribution in [0.25, 0.3) is 0 Å². The van der Waals surface area contributed by atoms with Crippen molar-refractivity contribution < 1.29 is 4.39 Å². The number of guanidine groups is 1. The number of aliphatic imine (C=N–C) groups is 1. The zero-order valence-electron chi connectivity index (χ0n) is 13.2. The lowest BCUT2D eigenvalue weighted by Crippen LogP contribution is -2.43. The maximum absolute atomic E-state index is 13.0. The van der Waals surface area contributed by atoms with Crippen LogP contribution in [0.5, 0.6) is 0 Å². The second-order valence-electron chi connectivity index (χ2n) is 5.80. The van der Waals surface area contributed by atoms with Crippen molar-refractivity contribution in [2.45, 2.75) is 25.8 Å². The van der Waals surface area contributed by atoms with Gasteiger partial charge in [-0.3, -0.25) is 4.99 Å². The van der Waals surface area contributed by atoms with Gasteiger partial charge in [0.25, 0.3) is 0 Å². The van der Waals surface area contributed by atoms with Gasteiger partial charge < -0.3 is 10.6 Å². The third kappa shape index (κ3) is 4.56. The average Bonchev–Trinajstić information content (AvgIpc) is 3.01. The third-order valence-corrected chi connectivity index (χ3v) is 4.32. The Kier molecular flexibility index (Phi) is 5.55. The molecule has 0 bridgehead atoms. The van der Waals surface area contributed by atoms with E-state index >= 15 is 0 Å². The highest BCUT2D eigenvalue weighted by molar-refractivity contribution is 7.07. The van der Waals surface area contributed by atoms with Crippen molar-refractivity contribution in [2.75, 3.05) is 13.6 Å². The van der Waals surface area contributed by atoms with Crippen LogP contribution in [-0.4, -0.2) is 19.6 Å². The van der Waals surface area contributed by atoms with Gasteiger partial charge in [-0.1, -0.05) is 26.0 Å². The highest BCUT2D eigenvalue weighted by Crippen LogP contribution is 2.22. The van der Waals surface area contributed by atoms with Crippen LogP contribution in [0, 0.1) is 5.82 Å². The lowest BCUT2D eigenvalue weighted by atomic mass is 9.84. The van der Waals surface area contributed by atoms with Crippen LogP contribution in [0.4, 0.5) is 4.39 Å². The van der Waals surface area contributed by atoms with Crippen LogP contribution in [0.2, 0.25) is 0 Å². The van der Waals surface area contributed by atoms with Crippen LogP contribution >= 0.6 is 11.3 Å². The molecular weight excluding hydrogens is 297 g/mol. The van der Waals surface area contributed by atoms with Gasteiger partial charge in [0.2, 0.25) is 0 Å². The van der Waals surface area contributed by atoms with Crippen LogP contribution < -0.4 is 10.6 Å². The molecule has 2 rings (SSSR count). The summed E-state index contributed by atoms with van der Waals surface area (Å²) in [6.07, 6.45) is 0. The summed E-state index contributed by atoms with van der Waals surface area (Å²) in [6, 6.07) is 8.76. The molecule has 0 aliphatic rings. The first-order valence-electron chi connectivity index (χ1n) is 7.23. The van der Waals surface area contributed by atoms with Gasteiger partial charge >= 0.3 is 0 Å². The molecule has 0 radical (unpaired) electrons. The molecule has 0 spiro atoms. The quantitative estimate of drug-likeness (QED) is 0.653.